The maximum absolute atomic E-state index is 12.5. The highest BCUT2D eigenvalue weighted by atomic mass is 16.1. The lowest BCUT2D eigenvalue weighted by Crippen LogP contribution is -2.29. The molecule has 0 spiro atoms. The minimum absolute atomic E-state index is 0.00967. The van der Waals surface area contributed by atoms with Gasteiger partial charge in [0.1, 0.15) is 6.29 Å². The lowest BCUT2D eigenvalue weighted by molar-refractivity contribution is 0.0951. The van der Waals surface area contributed by atoms with Crippen LogP contribution in [0.5, 0.6) is 0 Å². The molecule has 0 unspecified atom stereocenters. The molecule has 1 amide bonds. The lowest BCUT2D eigenvalue weighted by Gasteiger charge is -2.17. The van der Waals surface area contributed by atoms with Crippen molar-refractivity contribution in [2.75, 3.05) is 26.7 Å². The standard InChI is InChI=1S/C20H20N2O2/c1-22-10-16-9-21-20(24)18-8-15(5-6-17(18)19(16)11-22)14-4-2-3-13(7-14)12-23/h2-8,12,16,19H,9-11H2,1H3,(H,21,24)/t16-,19-/m0/s1. The molecule has 2 atom stereocenters. The smallest absolute Gasteiger partial charge is 0.251 e. The summed E-state index contributed by atoms with van der Waals surface area (Å²) >= 11 is 0. The Kier molecular flexibility index (Phi) is 3.69. The van der Waals surface area contributed by atoms with Crippen molar-refractivity contribution in [1.82, 2.24) is 10.2 Å². The number of carbonyl (C=O) groups excluding carboxylic acids is 2. The van der Waals surface area contributed by atoms with Gasteiger partial charge < -0.3 is 10.2 Å². The van der Waals surface area contributed by atoms with Gasteiger partial charge in [0.05, 0.1) is 0 Å². The first-order valence-electron chi connectivity index (χ1n) is 8.32. The average molecular weight is 320 g/mol. The highest BCUT2D eigenvalue weighted by molar-refractivity contribution is 5.97. The number of nitrogens with zero attached hydrogens (tertiary/aromatic N) is 1. The summed E-state index contributed by atoms with van der Waals surface area (Å²) in [5.74, 6) is 0.888. The second-order valence-corrected chi connectivity index (χ2v) is 6.84. The summed E-state index contributed by atoms with van der Waals surface area (Å²) in [6, 6.07) is 13.6. The van der Waals surface area contributed by atoms with E-state index in [0.717, 1.165) is 48.2 Å². The van der Waals surface area contributed by atoms with Crippen LogP contribution in [0, 0.1) is 5.92 Å². The van der Waals surface area contributed by atoms with Crippen molar-refractivity contribution in [3.05, 3.63) is 59.2 Å². The van der Waals surface area contributed by atoms with Gasteiger partial charge in [-0.05, 0) is 41.8 Å². The molecular weight excluding hydrogens is 300 g/mol. The number of hydrogen-bond acceptors (Lipinski definition) is 3. The SMILES string of the molecule is CN1C[C@@H]2CNC(=O)c3cc(-c4cccc(C=O)c4)ccc3[C@H]2C1. The van der Waals surface area contributed by atoms with Crippen LogP contribution in [0.25, 0.3) is 11.1 Å². The van der Waals surface area contributed by atoms with Gasteiger partial charge in [0.2, 0.25) is 0 Å². The van der Waals surface area contributed by atoms with Crippen molar-refractivity contribution in [2.24, 2.45) is 5.92 Å². The molecule has 2 aliphatic heterocycles. The first-order valence-corrected chi connectivity index (χ1v) is 8.32. The van der Waals surface area contributed by atoms with Crippen LogP contribution in [-0.2, 0) is 0 Å². The number of rotatable bonds is 2. The zero-order valence-corrected chi connectivity index (χ0v) is 13.7. The fourth-order valence-electron chi connectivity index (χ4n) is 4.01. The van der Waals surface area contributed by atoms with E-state index in [2.05, 4.69) is 29.4 Å². The van der Waals surface area contributed by atoms with E-state index in [1.165, 1.54) is 0 Å². The molecular formula is C20H20N2O2. The zero-order valence-electron chi connectivity index (χ0n) is 13.7. The van der Waals surface area contributed by atoms with Crippen molar-refractivity contribution in [2.45, 2.75) is 5.92 Å². The molecule has 122 valence electrons. The Hall–Kier alpha value is -2.46. The van der Waals surface area contributed by atoms with E-state index in [1.807, 2.05) is 24.3 Å². The molecule has 0 aliphatic carbocycles. The first-order chi connectivity index (χ1) is 11.7. The molecule has 24 heavy (non-hydrogen) atoms. The van der Waals surface area contributed by atoms with Crippen LogP contribution in [0.3, 0.4) is 0 Å². The predicted molar refractivity (Wildman–Crippen MR) is 93.3 cm³/mol. The number of aldehydes is 1. The molecule has 0 aromatic heterocycles. The van der Waals surface area contributed by atoms with Crippen molar-refractivity contribution < 1.29 is 9.59 Å². The second kappa shape index (κ2) is 5.87. The summed E-state index contributed by atoms with van der Waals surface area (Å²) in [7, 11) is 2.13. The number of nitrogens with one attached hydrogen (secondary N) is 1. The van der Waals surface area contributed by atoms with Gasteiger partial charge in [-0.15, -0.1) is 0 Å². The predicted octanol–water partition coefficient (Wildman–Crippen LogP) is 2.55. The third-order valence-electron chi connectivity index (χ3n) is 5.20. The molecule has 4 rings (SSSR count). The van der Waals surface area contributed by atoms with E-state index in [1.54, 1.807) is 6.07 Å². The topological polar surface area (TPSA) is 49.4 Å². The lowest BCUT2D eigenvalue weighted by atomic mass is 9.86. The molecule has 2 aliphatic rings. The Morgan fingerprint density at radius 1 is 1.12 bits per heavy atom. The van der Waals surface area contributed by atoms with Gasteiger partial charge in [0.15, 0.2) is 0 Å². The first kappa shape index (κ1) is 15.1. The van der Waals surface area contributed by atoms with Gasteiger partial charge in [-0.25, -0.2) is 0 Å². The van der Waals surface area contributed by atoms with E-state index < -0.39 is 0 Å². The number of benzene rings is 2. The van der Waals surface area contributed by atoms with Crippen molar-refractivity contribution >= 4 is 12.2 Å². The van der Waals surface area contributed by atoms with Crippen LogP contribution in [-0.4, -0.2) is 43.8 Å². The van der Waals surface area contributed by atoms with Crippen LogP contribution in [0.15, 0.2) is 42.5 Å². The number of likely N-dealkylation sites (tertiary alicyclic amines) is 1. The van der Waals surface area contributed by atoms with E-state index in [0.29, 0.717) is 17.4 Å². The Balaban J connectivity index is 1.79. The summed E-state index contributed by atoms with van der Waals surface area (Å²) in [6.07, 6.45) is 0.846. The van der Waals surface area contributed by atoms with Crippen LogP contribution in [0.2, 0.25) is 0 Å². The number of fused-ring (bicyclic) bond motifs is 3. The Morgan fingerprint density at radius 2 is 1.96 bits per heavy atom. The zero-order chi connectivity index (χ0) is 16.7. The third-order valence-corrected chi connectivity index (χ3v) is 5.20. The largest absolute Gasteiger partial charge is 0.352 e. The molecule has 4 nitrogen and oxygen atoms in total. The van der Waals surface area contributed by atoms with E-state index in [4.69, 9.17) is 0 Å². The second-order valence-electron chi connectivity index (χ2n) is 6.84. The fourth-order valence-corrected chi connectivity index (χ4v) is 4.01. The van der Waals surface area contributed by atoms with Gasteiger partial charge >= 0.3 is 0 Å². The molecule has 0 radical (unpaired) electrons. The Bertz CT molecular complexity index is 815. The summed E-state index contributed by atoms with van der Waals surface area (Å²) in [5.41, 5.74) is 4.49. The number of likely N-dealkylation sites (N-methyl/N-ethyl adjacent to an activating group) is 1. The van der Waals surface area contributed by atoms with Gasteiger partial charge in [-0.1, -0.05) is 30.3 Å². The van der Waals surface area contributed by atoms with Gasteiger partial charge in [0, 0.05) is 36.7 Å². The minimum atomic E-state index is 0.00967. The summed E-state index contributed by atoms with van der Waals surface area (Å²) < 4.78 is 0. The van der Waals surface area contributed by atoms with E-state index >= 15 is 0 Å². The Morgan fingerprint density at radius 3 is 2.79 bits per heavy atom. The van der Waals surface area contributed by atoms with Gasteiger partial charge in [0.25, 0.3) is 5.91 Å². The van der Waals surface area contributed by atoms with Gasteiger partial charge in [-0.3, -0.25) is 9.59 Å². The highest BCUT2D eigenvalue weighted by Crippen LogP contribution is 2.37. The average Bonchev–Trinajstić information content (AvgIpc) is 2.94. The molecule has 2 heterocycles. The van der Waals surface area contributed by atoms with Crippen LogP contribution in [0.1, 0.15) is 32.2 Å². The highest BCUT2D eigenvalue weighted by Gasteiger charge is 2.36. The maximum atomic E-state index is 12.5. The molecule has 2 aromatic rings. The molecule has 1 fully saturated rings. The van der Waals surface area contributed by atoms with Crippen LogP contribution >= 0.6 is 0 Å². The summed E-state index contributed by atoms with van der Waals surface area (Å²) in [5, 5.41) is 3.07. The van der Waals surface area contributed by atoms with E-state index in [-0.39, 0.29) is 5.91 Å². The van der Waals surface area contributed by atoms with Gasteiger partial charge in [-0.2, -0.15) is 0 Å². The normalized spacial score (nSPS) is 23.1. The number of hydrogen-bond donors (Lipinski definition) is 1. The molecule has 2 aromatic carbocycles. The number of carbonyl (C=O) groups is 2. The quantitative estimate of drug-likeness (QED) is 0.865. The summed E-state index contributed by atoms with van der Waals surface area (Å²) in [6.45, 7) is 2.75. The van der Waals surface area contributed by atoms with Crippen LogP contribution < -0.4 is 5.32 Å². The molecule has 4 heteroatoms. The fraction of sp³-hybridized carbons (Fsp3) is 0.300. The maximum Gasteiger partial charge on any atom is 0.251 e. The molecule has 0 bridgehead atoms. The molecule has 0 saturated carbocycles. The van der Waals surface area contributed by atoms with Crippen molar-refractivity contribution in [3.63, 3.8) is 0 Å². The Labute approximate surface area is 141 Å². The molecule has 1 saturated heterocycles. The van der Waals surface area contributed by atoms with E-state index in [9.17, 15) is 9.59 Å². The minimum Gasteiger partial charge on any atom is -0.352 e. The van der Waals surface area contributed by atoms with Crippen molar-refractivity contribution in [1.29, 1.82) is 0 Å². The molecule has 1 N–H and O–H groups in total. The third kappa shape index (κ3) is 2.53. The van der Waals surface area contributed by atoms with Crippen molar-refractivity contribution in [3.8, 4) is 11.1 Å². The monoisotopic (exact) mass is 320 g/mol. The summed E-state index contributed by atoms with van der Waals surface area (Å²) in [4.78, 5) is 25.9. The number of amides is 1. The van der Waals surface area contributed by atoms with Crippen LogP contribution in [0.4, 0.5) is 0 Å².